The van der Waals surface area contributed by atoms with E-state index in [1.165, 1.54) is 5.56 Å². The van der Waals surface area contributed by atoms with Gasteiger partial charge in [-0.1, -0.05) is 44.2 Å². The van der Waals surface area contributed by atoms with Crippen LogP contribution in [0.2, 0.25) is 0 Å². The fourth-order valence-corrected chi connectivity index (χ4v) is 2.07. The highest BCUT2D eigenvalue weighted by molar-refractivity contribution is 7.81. The van der Waals surface area contributed by atoms with E-state index in [-0.39, 0.29) is 17.1 Å². The minimum absolute atomic E-state index is 0.0618. The van der Waals surface area contributed by atoms with Gasteiger partial charge in [-0.25, -0.2) is 0 Å². The van der Waals surface area contributed by atoms with Crippen molar-refractivity contribution in [3.8, 4) is 0 Å². The summed E-state index contributed by atoms with van der Waals surface area (Å²) in [7, 11) is 0. The minimum Gasteiger partial charge on any atom is -0.352 e. The van der Waals surface area contributed by atoms with Crippen molar-refractivity contribution >= 4 is 18.5 Å². The second kappa shape index (κ2) is 5.13. The SMILES string of the molecule is CC(C)C(S)C(=O)NC1CC1c1ccccc1. The number of benzene rings is 1. The maximum atomic E-state index is 11.8. The number of nitrogens with one attached hydrogen (secondary N) is 1. The molecule has 3 atom stereocenters. The normalized spacial score (nSPS) is 24.5. The highest BCUT2D eigenvalue weighted by Gasteiger charge is 2.40. The maximum absolute atomic E-state index is 11.8. The summed E-state index contributed by atoms with van der Waals surface area (Å²) in [6.45, 7) is 4.03. The van der Waals surface area contributed by atoms with Crippen molar-refractivity contribution in [2.45, 2.75) is 37.5 Å². The Bertz CT molecular complexity index is 390. The van der Waals surface area contributed by atoms with Crippen molar-refractivity contribution < 1.29 is 4.79 Å². The first-order valence-corrected chi connectivity index (χ1v) is 6.64. The zero-order valence-electron chi connectivity index (χ0n) is 10.3. The number of hydrogen-bond donors (Lipinski definition) is 2. The third kappa shape index (κ3) is 3.03. The standard InChI is InChI=1S/C14H19NOS/c1-9(2)13(17)14(16)15-12-8-11(12)10-6-4-3-5-7-10/h3-7,9,11-13,17H,8H2,1-2H3,(H,15,16). The van der Waals surface area contributed by atoms with Crippen LogP contribution < -0.4 is 5.32 Å². The van der Waals surface area contributed by atoms with Crippen LogP contribution in [0.5, 0.6) is 0 Å². The molecule has 1 aliphatic rings. The van der Waals surface area contributed by atoms with Crippen molar-refractivity contribution in [1.29, 1.82) is 0 Å². The molecule has 0 radical (unpaired) electrons. The van der Waals surface area contributed by atoms with Gasteiger partial charge in [0.2, 0.25) is 5.91 Å². The Morgan fingerprint density at radius 1 is 1.35 bits per heavy atom. The molecule has 3 heteroatoms. The van der Waals surface area contributed by atoms with Gasteiger partial charge in [0.05, 0.1) is 5.25 Å². The molecule has 1 fully saturated rings. The Hall–Kier alpha value is -0.960. The number of hydrogen-bond acceptors (Lipinski definition) is 2. The average Bonchev–Trinajstić information content (AvgIpc) is 3.08. The highest BCUT2D eigenvalue weighted by atomic mass is 32.1. The van der Waals surface area contributed by atoms with Crippen LogP contribution in [-0.4, -0.2) is 17.2 Å². The van der Waals surface area contributed by atoms with E-state index >= 15 is 0 Å². The molecule has 0 spiro atoms. The summed E-state index contributed by atoms with van der Waals surface area (Å²) in [4.78, 5) is 11.8. The molecule has 0 heterocycles. The quantitative estimate of drug-likeness (QED) is 0.789. The maximum Gasteiger partial charge on any atom is 0.233 e. The number of amides is 1. The Balaban J connectivity index is 1.86. The van der Waals surface area contributed by atoms with E-state index in [4.69, 9.17) is 0 Å². The van der Waals surface area contributed by atoms with Gasteiger partial charge in [0, 0.05) is 12.0 Å². The molecule has 92 valence electrons. The predicted molar refractivity (Wildman–Crippen MR) is 73.3 cm³/mol. The summed E-state index contributed by atoms with van der Waals surface area (Å²) in [6.07, 6.45) is 1.05. The van der Waals surface area contributed by atoms with Crippen molar-refractivity contribution in [2.24, 2.45) is 5.92 Å². The molecular formula is C14H19NOS. The van der Waals surface area contributed by atoms with Gasteiger partial charge in [-0.05, 0) is 17.9 Å². The van der Waals surface area contributed by atoms with Gasteiger partial charge in [0.25, 0.3) is 0 Å². The summed E-state index contributed by atoms with van der Waals surface area (Å²) in [6, 6.07) is 10.7. The van der Waals surface area contributed by atoms with Crippen LogP contribution >= 0.6 is 12.6 Å². The lowest BCUT2D eigenvalue weighted by molar-refractivity contribution is -0.121. The first-order chi connectivity index (χ1) is 8.09. The second-order valence-electron chi connectivity index (χ2n) is 5.06. The van der Waals surface area contributed by atoms with Crippen LogP contribution in [0.4, 0.5) is 0 Å². The zero-order valence-corrected chi connectivity index (χ0v) is 11.2. The van der Waals surface area contributed by atoms with E-state index in [2.05, 4.69) is 30.1 Å². The molecule has 2 nitrogen and oxygen atoms in total. The molecule has 1 aromatic carbocycles. The molecule has 1 N–H and O–H groups in total. The molecule has 0 saturated heterocycles. The first kappa shape index (κ1) is 12.5. The van der Waals surface area contributed by atoms with Crippen LogP contribution in [0.1, 0.15) is 31.7 Å². The minimum atomic E-state index is -0.202. The van der Waals surface area contributed by atoms with Crippen LogP contribution in [0.3, 0.4) is 0 Å². The van der Waals surface area contributed by atoms with Gasteiger partial charge >= 0.3 is 0 Å². The summed E-state index contributed by atoms with van der Waals surface area (Å²) >= 11 is 4.33. The van der Waals surface area contributed by atoms with Crippen molar-refractivity contribution in [3.63, 3.8) is 0 Å². The molecule has 3 unspecified atom stereocenters. The fourth-order valence-electron chi connectivity index (χ4n) is 1.99. The summed E-state index contributed by atoms with van der Waals surface area (Å²) in [5.74, 6) is 0.826. The van der Waals surface area contributed by atoms with E-state index in [9.17, 15) is 4.79 Å². The van der Waals surface area contributed by atoms with Gasteiger partial charge in [0.1, 0.15) is 0 Å². The van der Waals surface area contributed by atoms with Gasteiger partial charge in [-0.2, -0.15) is 12.6 Å². The van der Waals surface area contributed by atoms with Gasteiger partial charge in [0.15, 0.2) is 0 Å². The second-order valence-corrected chi connectivity index (χ2v) is 5.61. The zero-order chi connectivity index (χ0) is 12.4. The number of thiol groups is 1. The van der Waals surface area contributed by atoms with Crippen LogP contribution in [0.25, 0.3) is 0 Å². The number of carbonyl (C=O) groups excluding carboxylic acids is 1. The third-order valence-electron chi connectivity index (χ3n) is 3.25. The van der Waals surface area contributed by atoms with E-state index in [1.54, 1.807) is 0 Å². The van der Waals surface area contributed by atoms with Crippen molar-refractivity contribution in [1.82, 2.24) is 5.32 Å². The topological polar surface area (TPSA) is 29.1 Å². The summed E-state index contributed by atoms with van der Waals surface area (Å²) < 4.78 is 0. The summed E-state index contributed by atoms with van der Waals surface area (Å²) in [5.41, 5.74) is 1.32. The Kier molecular flexibility index (Phi) is 3.77. The molecule has 1 saturated carbocycles. The molecular weight excluding hydrogens is 230 g/mol. The van der Waals surface area contributed by atoms with E-state index in [0.717, 1.165) is 6.42 Å². The lowest BCUT2D eigenvalue weighted by atomic mass is 10.1. The van der Waals surface area contributed by atoms with Gasteiger partial charge in [-0.3, -0.25) is 4.79 Å². The molecule has 0 aromatic heterocycles. The van der Waals surface area contributed by atoms with E-state index < -0.39 is 0 Å². The first-order valence-electron chi connectivity index (χ1n) is 6.13. The lowest BCUT2D eigenvalue weighted by Crippen LogP contribution is -2.36. The summed E-state index contributed by atoms with van der Waals surface area (Å²) in [5, 5.41) is 2.87. The Labute approximate surface area is 108 Å². The predicted octanol–water partition coefficient (Wildman–Crippen LogP) is 2.61. The van der Waals surface area contributed by atoms with Crippen LogP contribution in [0, 0.1) is 5.92 Å². The van der Waals surface area contributed by atoms with Crippen molar-refractivity contribution in [2.75, 3.05) is 0 Å². The number of rotatable bonds is 4. The van der Waals surface area contributed by atoms with Crippen LogP contribution in [0.15, 0.2) is 30.3 Å². The van der Waals surface area contributed by atoms with Gasteiger partial charge in [-0.15, -0.1) is 0 Å². The van der Waals surface area contributed by atoms with Crippen molar-refractivity contribution in [3.05, 3.63) is 35.9 Å². The Morgan fingerprint density at radius 2 is 2.00 bits per heavy atom. The lowest BCUT2D eigenvalue weighted by Gasteiger charge is -2.14. The van der Waals surface area contributed by atoms with E-state index in [0.29, 0.717) is 12.0 Å². The molecule has 0 bridgehead atoms. The molecule has 17 heavy (non-hydrogen) atoms. The number of carbonyl (C=O) groups is 1. The molecule has 1 aromatic rings. The largest absolute Gasteiger partial charge is 0.352 e. The third-order valence-corrected chi connectivity index (χ3v) is 4.08. The smallest absolute Gasteiger partial charge is 0.233 e. The average molecular weight is 249 g/mol. The van der Waals surface area contributed by atoms with E-state index in [1.807, 2.05) is 32.0 Å². The molecule has 1 aliphatic carbocycles. The highest BCUT2D eigenvalue weighted by Crippen LogP contribution is 2.40. The fraction of sp³-hybridized carbons (Fsp3) is 0.500. The Morgan fingerprint density at radius 3 is 2.59 bits per heavy atom. The van der Waals surface area contributed by atoms with Crippen LogP contribution in [-0.2, 0) is 4.79 Å². The molecule has 2 rings (SSSR count). The molecule has 1 amide bonds. The van der Waals surface area contributed by atoms with Gasteiger partial charge < -0.3 is 5.32 Å². The monoisotopic (exact) mass is 249 g/mol. The molecule has 0 aliphatic heterocycles.